The summed E-state index contributed by atoms with van der Waals surface area (Å²) in [7, 11) is 0. The molecule has 0 aromatic heterocycles. The molecule has 1 aliphatic rings. The van der Waals surface area contributed by atoms with E-state index in [2.05, 4.69) is 6.92 Å². The van der Waals surface area contributed by atoms with Crippen LogP contribution in [0.1, 0.15) is 59.3 Å². The van der Waals surface area contributed by atoms with E-state index in [0.29, 0.717) is 6.42 Å². The molecule has 1 heterocycles. The molecule has 0 aromatic carbocycles. The van der Waals surface area contributed by atoms with Crippen molar-refractivity contribution in [1.29, 1.82) is 0 Å². The number of carbonyl (C=O) groups is 1. The zero-order chi connectivity index (χ0) is 12.7. The number of hydrogen-bond donors (Lipinski definition) is 0. The van der Waals surface area contributed by atoms with Crippen LogP contribution in [0.4, 0.5) is 0 Å². The average Bonchev–Trinajstić information content (AvgIpc) is 2.22. The van der Waals surface area contributed by atoms with Crippen molar-refractivity contribution in [3.05, 3.63) is 23.5 Å². The van der Waals surface area contributed by atoms with Crippen LogP contribution in [0.15, 0.2) is 23.5 Å². The van der Waals surface area contributed by atoms with E-state index in [0.717, 1.165) is 24.2 Å². The minimum absolute atomic E-state index is 0.0926. The molecule has 0 fully saturated rings. The molecule has 1 atom stereocenters. The fourth-order valence-electron chi connectivity index (χ4n) is 2.03. The van der Waals surface area contributed by atoms with Gasteiger partial charge in [-0.05, 0) is 32.8 Å². The summed E-state index contributed by atoms with van der Waals surface area (Å²) in [4.78, 5) is 11.6. The molecule has 1 unspecified atom stereocenters. The highest BCUT2D eigenvalue weighted by Gasteiger charge is 2.20. The molecule has 0 N–H and O–H groups in total. The van der Waals surface area contributed by atoms with E-state index in [9.17, 15) is 4.79 Å². The molecule has 0 radical (unpaired) electrons. The van der Waals surface area contributed by atoms with Crippen molar-refractivity contribution in [1.82, 2.24) is 0 Å². The molecule has 0 aromatic rings. The number of ether oxygens (including phenoxy) is 1. The first-order chi connectivity index (χ1) is 8.11. The SMILES string of the molecule is CCCCCCC1CC(=O)C=C(C=C(C)C)O1. The number of ketones is 1. The van der Waals surface area contributed by atoms with Crippen molar-refractivity contribution in [2.24, 2.45) is 0 Å². The molecule has 17 heavy (non-hydrogen) atoms. The molecule has 96 valence electrons. The fraction of sp³-hybridized carbons (Fsp3) is 0.667. The molecule has 0 saturated heterocycles. The minimum Gasteiger partial charge on any atom is -0.490 e. The lowest BCUT2D eigenvalue weighted by molar-refractivity contribution is -0.118. The van der Waals surface area contributed by atoms with Crippen LogP contribution in [0, 0.1) is 0 Å². The normalized spacial score (nSPS) is 19.6. The largest absolute Gasteiger partial charge is 0.490 e. The Kier molecular flexibility index (Phi) is 6.03. The first kappa shape index (κ1) is 14.0. The van der Waals surface area contributed by atoms with E-state index >= 15 is 0 Å². The van der Waals surface area contributed by atoms with Crippen LogP contribution in [0.2, 0.25) is 0 Å². The standard InChI is InChI=1S/C15H24O2/c1-4-5-6-7-8-14-10-13(16)11-15(17-14)9-12(2)3/h9,11,14H,4-8,10H2,1-3H3. The zero-order valence-corrected chi connectivity index (χ0v) is 11.3. The Morgan fingerprint density at radius 3 is 2.82 bits per heavy atom. The molecular formula is C15H24O2. The van der Waals surface area contributed by atoms with E-state index in [-0.39, 0.29) is 11.9 Å². The highest BCUT2D eigenvalue weighted by Crippen LogP contribution is 2.21. The van der Waals surface area contributed by atoms with Crippen molar-refractivity contribution < 1.29 is 9.53 Å². The third-order valence-electron chi connectivity index (χ3n) is 2.85. The second-order valence-electron chi connectivity index (χ2n) is 5.03. The van der Waals surface area contributed by atoms with E-state index in [1.54, 1.807) is 6.08 Å². The molecule has 1 rings (SSSR count). The van der Waals surface area contributed by atoms with E-state index in [1.165, 1.54) is 19.3 Å². The van der Waals surface area contributed by atoms with Crippen LogP contribution in [0.25, 0.3) is 0 Å². The maximum atomic E-state index is 11.6. The van der Waals surface area contributed by atoms with Gasteiger partial charge < -0.3 is 4.74 Å². The van der Waals surface area contributed by atoms with E-state index in [4.69, 9.17) is 4.74 Å². The molecule has 2 heteroatoms. The number of unbranched alkanes of at least 4 members (excludes halogenated alkanes) is 3. The Bertz CT molecular complexity index is 309. The third kappa shape index (κ3) is 5.71. The van der Waals surface area contributed by atoms with Gasteiger partial charge in [0.2, 0.25) is 0 Å². The Morgan fingerprint density at radius 2 is 2.18 bits per heavy atom. The van der Waals surface area contributed by atoms with Crippen molar-refractivity contribution in [3.63, 3.8) is 0 Å². The quantitative estimate of drug-likeness (QED) is 0.647. The third-order valence-corrected chi connectivity index (χ3v) is 2.85. The second-order valence-corrected chi connectivity index (χ2v) is 5.03. The number of allylic oxidation sites excluding steroid dienone is 3. The van der Waals surface area contributed by atoms with E-state index < -0.39 is 0 Å². The molecule has 0 bridgehead atoms. The zero-order valence-electron chi connectivity index (χ0n) is 11.3. The molecule has 2 nitrogen and oxygen atoms in total. The average molecular weight is 236 g/mol. The van der Waals surface area contributed by atoms with Gasteiger partial charge in [-0.1, -0.05) is 31.8 Å². The van der Waals surface area contributed by atoms with Crippen molar-refractivity contribution in [3.8, 4) is 0 Å². The van der Waals surface area contributed by atoms with E-state index in [1.807, 2.05) is 19.9 Å². The highest BCUT2D eigenvalue weighted by molar-refractivity contribution is 5.91. The van der Waals surface area contributed by atoms with Gasteiger partial charge in [-0.3, -0.25) is 4.79 Å². The van der Waals surface area contributed by atoms with Crippen LogP contribution in [0.3, 0.4) is 0 Å². The van der Waals surface area contributed by atoms with Gasteiger partial charge in [-0.2, -0.15) is 0 Å². The molecule has 0 aliphatic carbocycles. The predicted molar refractivity (Wildman–Crippen MR) is 70.8 cm³/mol. The predicted octanol–water partition coefficient (Wildman–Crippen LogP) is 4.16. The lowest BCUT2D eigenvalue weighted by Crippen LogP contribution is -2.21. The Hall–Kier alpha value is -1.05. The Balaban J connectivity index is 2.42. The topological polar surface area (TPSA) is 26.3 Å². The molecule has 0 saturated carbocycles. The summed E-state index contributed by atoms with van der Waals surface area (Å²) in [6.07, 6.45) is 10.1. The van der Waals surface area contributed by atoms with Crippen LogP contribution >= 0.6 is 0 Å². The summed E-state index contributed by atoms with van der Waals surface area (Å²) >= 11 is 0. The smallest absolute Gasteiger partial charge is 0.163 e. The van der Waals surface area contributed by atoms with Crippen LogP contribution < -0.4 is 0 Å². The molecular weight excluding hydrogens is 212 g/mol. The number of rotatable bonds is 6. The lowest BCUT2D eigenvalue weighted by atomic mass is 10.0. The van der Waals surface area contributed by atoms with Crippen LogP contribution in [-0.4, -0.2) is 11.9 Å². The van der Waals surface area contributed by atoms with Crippen molar-refractivity contribution in [2.45, 2.75) is 65.4 Å². The van der Waals surface area contributed by atoms with Gasteiger partial charge in [0, 0.05) is 12.5 Å². The summed E-state index contributed by atoms with van der Waals surface area (Å²) in [6.45, 7) is 6.23. The van der Waals surface area contributed by atoms with Gasteiger partial charge in [0.25, 0.3) is 0 Å². The van der Waals surface area contributed by atoms with Crippen LogP contribution in [0.5, 0.6) is 0 Å². The van der Waals surface area contributed by atoms with Gasteiger partial charge in [-0.15, -0.1) is 0 Å². The Morgan fingerprint density at radius 1 is 1.41 bits per heavy atom. The van der Waals surface area contributed by atoms with Crippen molar-refractivity contribution >= 4 is 5.78 Å². The summed E-state index contributed by atoms with van der Waals surface area (Å²) in [6, 6.07) is 0. The maximum Gasteiger partial charge on any atom is 0.163 e. The minimum atomic E-state index is 0.0926. The number of carbonyl (C=O) groups excluding carboxylic acids is 1. The summed E-state index contributed by atoms with van der Waals surface area (Å²) < 4.78 is 5.81. The van der Waals surface area contributed by atoms with Gasteiger partial charge in [0.1, 0.15) is 11.9 Å². The number of hydrogen-bond acceptors (Lipinski definition) is 2. The van der Waals surface area contributed by atoms with Gasteiger partial charge in [0.15, 0.2) is 5.78 Å². The summed E-state index contributed by atoms with van der Waals surface area (Å²) in [5, 5.41) is 0. The highest BCUT2D eigenvalue weighted by atomic mass is 16.5. The monoisotopic (exact) mass is 236 g/mol. The van der Waals surface area contributed by atoms with Gasteiger partial charge in [0.05, 0.1) is 0 Å². The second kappa shape index (κ2) is 7.31. The fourth-order valence-corrected chi connectivity index (χ4v) is 2.03. The van der Waals surface area contributed by atoms with Crippen LogP contribution in [-0.2, 0) is 9.53 Å². The summed E-state index contributed by atoms with van der Waals surface area (Å²) in [5.74, 6) is 0.936. The van der Waals surface area contributed by atoms with Crippen molar-refractivity contribution in [2.75, 3.05) is 0 Å². The summed E-state index contributed by atoms with van der Waals surface area (Å²) in [5.41, 5.74) is 1.16. The maximum absolute atomic E-state index is 11.6. The molecule has 1 aliphatic heterocycles. The molecule has 0 spiro atoms. The first-order valence-corrected chi connectivity index (χ1v) is 6.68. The van der Waals surface area contributed by atoms with Gasteiger partial charge >= 0.3 is 0 Å². The lowest BCUT2D eigenvalue weighted by Gasteiger charge is -2.22. The Labute approximate surface area is 105 Å². The van der Waals surface area contributed by atoms with Gasteiger partial charge in [-0.25, -0.2) is 0 Å². The molecule has 0 amide bonds. The first-order valence-electron chi connectivity index (χ1n) is 6.68.